The zero-order chi connectivity index (χ0) is 24.5. The third kappa shape index (κ3) is 4.40. The summed E-state index contributed by atoms with van der Waals surface area (Å²) in [5.74, 6) is 1.17. The predicted octanol–water partition coefficient (Wildman–Crippen LogP) is 5.28. The summed E-state index contributed by atoms with van der Waals surface area (Å²) in [6.45, 7) is 6.54. The van der Waals surface area contributed by atoms with Crippen LogP contribution in [0.3, 0.4) is 0 Å². The first-order valence-corrected chi connectivity index (χ1v) is 12.2. The van der Waals surface area contributed by atoms with Crippen molar-refractivity contribution in [2.75, 3.05) is 11.5 Å². The maximum absolute atomic E-state index is 13.8. The van der Waals surface area contributed by atoms with Crippen LogP contribution in [0.2, 0.25) is 0 Å². The molecule has 1 aliphatic carbocycles. The number of ether oxygens (including phenoxy) is 1. The van der Waals surface area contributed by atoms with Gasteiger partial charge in [0.15, 0.2) is 0 Å². The highest BCUT2D eigenvalue weighted by molar-refractivity contribution is 6.17. The molecule has 2 aromatic carbocycles. The van der Waals surface area contributed by atoms with Crippen LogP contribution < -0.4 is 9.64 Å². The fourth-order valence-corrected chi connectivity index (χ4v) is 5.14. The molecule has 2 atom stereocenters. The number of carbonyl (C=O) groups is 2. The summed E-state index contributed by atoms with van der Waals surface area (Å²) in [6.07, 6.45) is 3.53. The van der Waals surface area contributed by atoms with Gasteiger partial charge >= 0.3 is 6.03 Å². The second-order valence-corrected chi connectivity index (χ2v) is 9.30. The summed E-state index contributed by atoms with van der Waals surface area (Å²) >= 11 is 0. The first-order chi connectivity index (χ1) is 17.0. The van der Waals surface area contributed by atoms with Crippen molar-refractivity contribution < 1.29 is 18.8 Å². The largest absolute Gasteiger partial charge is 0.494 e. The molecule has 35 heavy (non-hydrogen) atoms. The monoisotopic (exact) mass is 474 g/mol. The van der Waals surface area contributed by atoms with Crippen LogP contribution in [-0.4, -0.2) is 39.6 Å². The summed E-state index contributed by atoms with van der Waals surface area (Å²) in [5.41, 5.74) is 3.31. The Morgan fingerprint density at radius 3 is 2.74 bits per heavy atom. The maximum atomic E-state index is 13.8. The normalized spacial score (nSPS) is 20.2. The minimum absolute atomic E-state index is 0.108. The summed E-state index contributed by atoms with van der Waals surface area (Å²) in [7, 11) is 0. The fourth-order valence-electron chi connectivity index (χ4n) is 5.14. The molecule has 0 bridgehead atoms. The molecule has 182 valence electrons. The number of anilines is 1. The highest BCUT2D eigenvalue weighted by Crippen LogP contribution is 2.38. The van der Waals surface area contributed by atoms with E-state index in [2.05, 4.69) is 10.1 Å². The quantitative estimate of drug-likeness (QED) is 0.483. The standard InChI is InChI=1S/C27H30N4O4/c1-4-34-20-9-7-8-19(15-20)25-28-24(35-29-25)16-30-22-11-6-5-10-21(22)26(32)31(27(30)33)23-14-17(2)12-13-18(23)3/h7-9,12-15,21-22H,4-6,10-11,16H2,1-3H3. The van der Waals surface area contributed by atoms with Crippen LogP contribution in [-0.2, 0) is 11.3 Å². The van der Waals surface area contributed by atoms with Crippen molar-refractivity contribution in [3.63, 3.8) is 0 Å². The van der Waals surface area contributed by atoms with Crippen LogP contribution in [0.5, 0.6) is 5.75 Å². The second kappa shape index (κ2) is 9.52. The molecular weight excluding hydrogens is 444 g/mol. The lowest BCUT2D eigenvalue weighted by Gasteiger charge is -2.46. The number of aryl methyl sites for hydroxylation is 2. The smallest absolute Gasteiger partial charge is 0.332 e. The number of nitrogens with zero attached hydrogens (tertiary/aromatic N) is 4. The van der Waals surface area contributed by atoms with Crippen LogP contribution in [0.1, 0.15) is 49.6 Å². The van der Waals surface area contributed by atoms with Gasteiger partial charge in [-0.2, -0.15) is 4.98 Å². The van der Waals surface area contributed by atoms with Gasteiger partial charge < -0.3 is 14.2 Å². The number of urea groups is 1. The molecule has 1 saturated heterocycles. The zero-order valence-electron chi connectivity index (χ0n) is 20.4. The minimum Gasteiger partial charge on any atom is -0.494 e. The highest BCUT2D eigenvalue weighted by atomic mass is 16.5. The SMILES string of the molecule is CCOc1cccc(-c2noc(CN3C(=O)N(c4cc(C)ccc4C)C(=O)C4CCCCC43)n2)c1. The zero-order valence-corrected chi connectivity index (χ0v) is 20.4. The molecule has 2 aliphatic rings. The van der Waals surface area contributed by atoms with Crippen LogP contribution in [0, 0.1) is 19.8 Å². The van der Waals surface area contributed by atoms with Crippen molar-refractivity contribution in [2.45, 2.75) is 59.0 Å². The molecular formula is C27H30N4O4. The number of hydrogen-bond donors (Lipinski definition) is 0. The molecule has 0 spiro atoms. The van der Waals surface area contributed by atoms with E-state index in [1.807, 2.05) is 63.2 Å². The Morgan fingerprint density at radius 2 is 1.91 bits per heavy atom. The van der Waals surface area contributed by atoms with E-state index in [0.29, 0.717) is 24.0 Å². The molecule has 2 unspecified atom stereocenters. The van der Waals surface area contributed by atoms with Crippen LogP contribution >= 0.6 is 0 Å². The molecule has 1 aromatic heterocycles. The van der Waals surface area contributed by atoms with E-state index >= 15 is 0 Å². The first-order valence-electron chi connectivity index (χ1n) is 12.2. The van der Waals surface area contributed by atoms with Crippen molar-refractivity contribution in [3.8, 4) is 17.1 Å². The molecule has 1 aliphatic heterocycles. The summed E-state index contributed by atoms with van der Waals surface area (Å²) in [5, 5.41) is 4.14. The molecule has 0 radical (unpaired) electrons. The third-order valence-electron chi connectivity index (χ3n) is 6.89. The number of hydrogen-bond acceptors (Lipinski definition) is 6. The average Bonchev–Trinajstić information content (AvgIpc) is 3.33. The van der Waals surface area contributed by atoms with Gasteiger partial charge in [0.05, 0.1) is 18.2 Å². The van der Waals surface area contributed by atoms with Crippen molar-refractivity contribution >= 4 is 17.6 Å². The molecule has 2 fully saturated rings. The third-order valence-corrected chi connectivity index (χ3v) is 6.89. The van der Waals surface area contributed by atoms with Crippen molar-refractivity contribution in [1.82, 2.24) is 15.0 Å². The van der Waals surface area contributed by atoms with E-state index in [-0.39, 0.29) is 30.4 Å². The number of amides is 3. The van der Waals surface area contributed by atoms with Gasteiger partial charge in [0.1, 0.15) is 12.3 Å². The first kappa shape index (κ1) is 23.1. The van der Waals surface area contributed by atoms with Crippen molar-refractivity contribution in [3.05, 3.63) is 59.5 Å². The molecule has 2 heterocycles. The van der Waals surface area contributed by atoms with E-state index < -0.39 is 0 Å². The van der Waals surface area contributed by atoms with Gasteiger partial charge in [-0.1, -0.05) is 42.3 Å². The topological polar surface area (TPSA) is 88.8 Å². The summed E-state index contributed by atoms with van der Waals surface area (Å²) in [6, 6.07) is 12.9. The highest BCUT2D eigenvalue weighted by Gasteiger charge is 2.48. The Labute approximate surface area is 204 Å². The van der Waals surface area contributed by atoms with E-state index in [0.717, 1.165) is 48.1 Å². The number of imide groups is 1. The predicted molar refractivity (Wildman–Crippen MR) is 131 cm³/mol. The lowest BCUT2D eigenvalue weighted by atomic mass is 9.81. The minimum atomic E-state index is -0.329. The Bertz CT molecular complexity index is 1250. The maximum Gasteiger partial charge on any atom is 0.332 e. The van der Waals surface area contributed by atoms with Gasteiger partial charge in [-0.3, -0.25) is 4.79 Å². The van der Waals surface area contributed by atoms with E-state index in [9.17, 15) is 9.59 Å². The van der Waals surface area contributed by atoms with Crippen molar-refractivity contribution in [1.29, 1.82) is 0 Å². The van der Waals surface area contributed by atoms with Crippen LogP contribution in [0.25, 0.3) is 11.4 Å². The van der Waals surface area contributed by atoms with Gasteiger partial charge in [0, 0.05) is 11.6 Å². The molecule has 3 amide bonds. The Hall–Kier alpha value is -3.68. The molecule has 0 N–H and O–H groups in total. The van der Waals surface area contributed by atoms with Crippen LogP contribution in [0.15, 0.2) is 47.0 Å². The molecule has 1 saturated carbocycles. The second-order valence-electron chi connectivity index (χ2n) is 9.30. The fraction of sp³-hybridized carbons (Fsp3) is 0.407. The Morgan fingerprint density at radius 1 is 1.09 bits per heavy atom. The molecule has 5 rings (SSSR count). The van der Waals surface area contributed by atoms with Gasteiger partial charge in [-0.05, 0) is 62.9 Å². The van der Waals surface area contributed by atoms with E-state index in [1.165, 1.54) is 4.90 Å². The van der Waals surface area contributed by atoms with Crippen LogP contribution in [0.4, 0.5) is 10.5 Å². The Kier molecular flexibility index (Phi) is 6.28. The van der Waals surface area contributed by atoms with Gasteiger partial charge in [-0.25, -0.2) is 9.69 Å². The molecule has 8 nitrogen and oxygen atoms in total. The summed E-state index contributed by atoms with van der Waals surface area (Å²) < 4.78 is 11.1. The summed E-state index contributed by atoms with van der Waals surface area (Å²) in [4.78, 5) is 35.0. The Balaban J connectivity index is 1.45. The lowest BCUT2D eigenvalue weighted by Crippen LogP contribution is -2.62. The number of fused-ring (bicyclic) bond motifs is 1. The number of aromatic nitrogens is 2. The van der Waals surface area contributed by atoms with E-state index in [4.69, 9.17) is 9.26 Å². The number of benzene rings is 2. The van der Waals surface area contributed by atoms with Gasteiger partial charge in [0.2, 0.25) is 17.6 Å². The van der Waals surface area contributed by atoms with E-state index in [1.54, 1.807) is 4.90 Å². The van der Waals surface area contributed by atoms with Gasteiger partial charge in [0.25, 0.3) is 0 Å². The molecule has 8 heteroatoms. The van der Waals surface area contributed by atoms with Gasteiger partial charge in [-0.15, -0.1) is 0 Å². The molecule has 3 aromatic rings. The lowest BCUT2D eigenvalue weighted by molar-refractivity contribution is -0.127. The average molecular weight is 475 g/mol. The number of rotatable bonds is 6. The van der Waals surface area contributed by atoms with Crippen molar-refractivity contribution in [2.24, 2.45) is 5.92 Å². The number of carbonyl (C=O) groups excluding carboxylic acids is 2.